The van der Waals surface area contributed by atoms with Gasteiger partial charge in [0.05, 0.1) is 24.9 Å². The zero-order valence-corrected chi connectivity index (χ0v) is 14.6. The smallest absolute Gasteiger partial charge is 0.225 e. The number of anilines is 1. The van der Waals surface area contributed by atoms with E-state index in [0.717, 1.165) is 6.07 Å². The number of ether oxygens (including phenoxy) is 2. The van der Waals surface area contributed by atoms with E-state index in [-0.39, 0.29) is 28.5 Å². The molecule has 0 unspecified atom stereocenters. The van der Waals surface area contributed by atoms with E-state index in [1.54, 1.807) is 0 Å². The van der Waals surface area contributed by atoms with Crippen molar-refractivity contribution in [2.24, 2.45) is 0 Å². The SMILES string of the molecule is COc1ccc(S(=O)(=O)CCC(=O)Nc2cccc(F)c2)cc1OC. The lowest BCUT2D eigenvalue weighted by molar-refractivity contribution is -0.115. The molecule has 0 aliphatic carbocycles. The van der Waals surface area contributed by atoms with Crippen LogP contribution in [-0.2, 0) is 14.6 Å². The Kier molecular flexibility index (Phi) is 5.97. The van der Waals surface area contributed by atoms with Gasteiger partial charge in [-0.25, -0.2) is 12.8 Å². The van der Waals surface area contributed by atoms with Gasteiger partial charge in [0.1, 0.15) is 5.82 Å². The number of carbonyl (C=O) groups excluding carboxylic acids is 1. The van der Waals surface area contributed by atoms with Gasteiger partial charge in [0.15, 0.2) is 21.3 Å². The summed E-state index contributed by atoms with van der Waals surface area (Å²) in [6, 6.07) is 9.59. The van der Waals surface area contributed by atoms with Gasteiger partial charge in [-0.05, 0) is 30.3 Å². The number of carbonyl (C=O) groups is 1. The summed E-state index contributed by atoms with van der Waals surface area (Å²) in [7, 11) is -0.833. The lowest BCUT2D eigenvalue weighted by Gasteiger charge is -2.10. The molecule has 8 heteroatoms. The zero-order chi connectivity index (χ0) is 18.4. The van der Waals surface area contributed by atoms with Crippen LogP contribution in [0, 0.1) is 5.82 Å². The van der Waals surface area contributed by atoms with E-state index in [1.165, 1.54) is 50.6 Å². The maximum absolute atomic E-state index is 13.1. The number of nitrogens with one attached hydrogen (secondary N) is 1. The van der Waals surface area contributed by atoms with Crippen molar-refractivity contribution in [3.05, 3.63) is 48.3 Å². The maximum atomic E-state index is 13.1. The first-order valence-corrected chi connectivity index (χ1v) is 9.01. The van der Waals surface area contributed by atoms with Crippen molar-refractivity contribution in [2.45, 2.75) is 11.3 Å². The Bertz CT molecular complexity index is 867. The Morgan fingerprint density at radius 1 is 1.08 bits per heavy atom. The second-order valence-electron chi connectivity index (χ2n) is 5.14. The second kappa shape index (κ2) is 7.98. The Balaban J connectivity index is 2.05. The molecule has 0 spiro atoms. The molecule has 1 N–H and O–H groups in total. The fourth-order valence-electron chi connectivity index (χ4n) is 2.14. The molecule has 0 radical (unpaired) electrons. The lowest BCUT2D eigenvalue weighted by atomic mass is 10.3. The van der Waals surface area contributed by atoms with Gasteiger partial charge in [-0.1, -0.05) is 6.07 Å². The number of hydrogen-bond donors (Lipinski definition) is 1. The van der Waals surface area contributed by atoms with Crippen LogP contribution in [-0.4, -0.2) is 34.3 Å². The minimum atomic E-state index is -3.68. The molecule has 2 aromatic carbocycles. The number of amides is 1. The van der Waals surface area contributed by atoms with E-state index >= 15 is 0 Å². The third kappa shape index (κ3) is 4.93. The van der Waals surface area contributed by atoms with Crippen LogP contribution in [0.5, 0.6) is 11.5 Å². The van der Waals surface area contributed by atoms with Crippen molar-refractivity contribution in [2.75, 3.05) is 25.3 Å². The predicted molar refractivity (Wildman–Crippen MR) is 91.2 cm³/mol. The van der Waals surface area contributed by atoms with Crippen LogP contribution < -0.4 is 14.8 Å². The highest BCUT2D eigenvalue weighted by Crippen LogP contribution is 2.29. The van der Waals surface area contributed by atoms with Crippen LogP contribution in [0.4, 0.5) is 10.1 Å². The van der Waals surface area contributed by atoms with Gasteiger partial charge in [-0.2, -0.15) is 0 Å². The van der Waals surface area contributed by atoms with Gasteiger partial charge in [0.25, 0.3) is 0 Å². The van der Waals surface area contributed by atoms with Gasteiger partial charge in [-0.3, -0.25) is 4.79 Å². The summed E-state index contributed by atoms with van der Waals surface area (Å²) < 4.78 is 48.0. The average molecular weight is 367 g/mol. The number of methoxy groups -OCH3 is 2. The summed E-state index contributed by atoms with van der Waals surface area (Å²) in [5.74, 6) is -0.702. The molecule has 0 aliphatic rings. The minimum Gasteiger partial charge on any atom is -0.493 e. The largest absolute Gasteiger partial charge is 0.493 e. The molecule has 1 amide bonds. The van der Waals surface area contributed by atoms with E-state index in [4.69, 9.17) is 9.47 Å². The van der Waals surface area contributed by atoms with Crippen LogP contribution in [0.3, 0.4) is 0 Å². The molecule has 2 rings (SSSR count). The van der Waals surface area contributed by atoms with Crippen molar-refractivity contribution >= 4 is 21.4 Å². The second-order valence-corrected chi connectivity index (χ2v) is 7.25. The fourth-order valence-corrected chi connectivity index (χ4v) is 3.40. The van der Waals surface area contributed by atoms with Crippen LogP contribution in [0.25, 0.3) is 0 Å². The molecule has 0 aromatic heterocycles. The summed E-state index contributed by atoms with van der Waals surface area (Å²) >= 11 is 0. The number of halogens is 1. The lowest BCUT2D eigenvalue weighted by Crippen LogP contribution is -2.17. The van der Waals surface area contributed by atoms with Gasteiger partial charge in [0.2, 0.25) is 5.91 Å². The number of rotatable bonds is 7. The van der Waals surface area contributed by atoms with Crippen LogP contribution >= 0.6 is 0 Å². The van der Waals surface area contributed by atoms with E-state index in [0.29, 0.717) is 5.75 Å². The van der Waals surface area contributed by atoms with Gasteiger partial charge in [0, 0.05) is 18.2 Å². The van der Waals surface area contributed by atoms with E-state index in [2.05, 4.69) is 5.32 Å². The first-order chi connectivity index (χ1) is 11.9. The minimum absolute atomic E-state index is 0.0312. The molecule has 2 aromatic rings. The monoisotopic (exact) mass is 367 g/mol. The predicted octanol–water partition coefficient (Wildman–Crippen LogP) is 2.65. The van der Waals surface area contributed by atoms with Gasteiger partial charge < -0.3 is 14.8 Å². The molecular weight excluding hydrogens is 349 g/mol. The van der Waals surface area contributed by atoms with Crippen molar-refractivity contribution in [3.8, 4) is 11.5 Å². The van der Waals surface area contributed by atoms with Crippen molar-refractivity contribution in [1.29, 1.82) is 0 Å². The van der Waals surface area contributed by atoms with Crippen LogP contribution in [0.2, 0.25) is 0 Å². The molecular formula is C17H18FNO5S. The first-order valence-electron chi connectivity index (χ1n) is 7.36. The van der Waals surface area contributed by atoms with Crippen LogP contribution in [0.15, 0.2) is 47.4 Å². The zero-order valence-electron chi connectivity index (χ0n) is 13.8. The van der Waals surface area contributed by atoms with Crippen LogP contribution in [0.1, 0.15) is 6.42 Å². The van der Waals surface area contributed by atoms with Crippen molar-refractivity contribution in [1.82, 2.24) is 0 Å². The van der Waals surface area contributed by atoms with E-state index < -0.39 is 21.6 Å². The first kappa shape index (κ1) is 18.7. The Morgan fingerprint density at radius 3 is 2.44 bits per heavy atom. The van der Waals surface area contributed by atoms with E-state index in [1.807, 2.05) is 0 Å². The highest BCUT2D eigenvalue weighted by molar-refractivity contribution is 7.91. The Labute approximate surface area is 145 Å². The third-order valence-electron chi connectivity index (χ3n) is 3.42. The molecule has 0 saturated carbocycles. The van der Waals surface area contributed by atoms with Gasteiger partial charge >= 0.3 is 0 Å². The quantitative estimate of drug-likeness (QED) is 0.814. The Morgan fingerprint density at radius 2 is 1.80 bits per heavy atom. The molecule has 0 bridgehead atoms. The molecule has 25 heavy (non-hydrogen) atoms. The average Bonchev–Trinajstić information content (AvgIpc) is 2.59. The molecule has 0 atom stereocenters. The summed E-state index contributed by atoms with van der Waals surface area (Å²) in [6.45, 7) is 0. The summed E-state index contributed by atoms with van der Waals surface area (Å²) in [5, 5.41) is 2.46. The van der Waals surface area contributed by atoms with Crippen molar-refractivity contribution in [3.63, 3.8) is 0 Å². The topological polar surface area (TPSA) is 81.7 Å². The molecule has 6 nitrogen and oxygen atoms in total. The molecule has 0 saturated heterocycles. The standard InChI is InChI=1S/C17H18FNO5S/c1-23-15-7-6-14(11-16(15)24-2)25(21,22)9-8-17(20)19-13-5-3-4-12(18)10-13/h3-7,10-11H,8-9H2,1-2H3,(H,19,20). The number of sulfone groups is 1. The number of benzene rings is 2. The fraction of sp³-hybridized carbons (Fsp3) is 0.235. The molecule has 0 aliphatic heterocycles. The highest BCUT2D eigenvalue weighted by atomic mass is 32.2. The Hall–Kier alpha value is -2.61. The summed E-state index contributed by atoms with van der Waals surface area (Å²) in [6.07, 6.45) is -0.257. The molecule has 134 valence electrons. The van der Waals surface area contributed by atoms with Gasteiger partial charge in [-0.15, -0.1) is 0 Å². The maximum Gasteiger partial charge on any atom is 0.225 e. The highest BCUT2D eigenvalue weighted by Gasteiger charge is 2.19. The molecule has 0 fully saturated rings. The van der Waals surface area contributed by atoms with E-state index in [9.17, 15) is 17.6 Å². The normalized spacial score (nSPS) is 11.0. The van der Waals surface area contributed by atoms with Crippen molar-refractivity contribution < 1.29 is 27.1 Å². The third-order valence-corrected chi connectivity index (χ3v) is 5.13. The molecule has 0 heterocycles. The number of hydrogen-bond acceptors (Lipinski definition) is 5. The summed E-state index contributed by atoms with van der Waals surface area (Å²) in [5.41, 5.74) is 0.272. The summed E-state index contributed by atoms with van der Waals surface area (Å²) in [4.78, 5) is 11.9.